The molecular weight excluding hydrogens is 406 g/mol. The number of guanidine groups is 1. The Morgan fingerprint density at radius 2 is 1.93 bits per heavy atom. The van der Waals surface area contributed by atoms with Crippen LogP contribution in [0.4, 0.5) is 0 Å². The number of primary sulfonamides is 1. The first kappa shape index (κ1) is 21.8. The lowest BCUT2D eigenvalue weighted by Crippen LogP contribution is -2.43. The van der Waals surface area contributed by atoms with Gasteiger partial charge in [-0.1, -0.05) is 18.2 Å². The largest absolute Gasteiger partial charge is 0.356 e. The molecule has 0 aliphatic carbocycles. The summed E-state index contributed by atoms with van der Waals surface area (Å²) >= 11 is 1.80. The van der Waals surface area contributed by atoms with Crippen LogP contribution in [0, 0.1) is 0 Å². The molecule has 29 heavy (non-hydrogen) atoms. The van der Waals surface area contributed by atoms with Crippen LogP contribution in [0.3, 0.4) is 0 Å². The van der Waals surface area contributed by atoms with Crippen molar-refractivity contribution >= 4 is 27.3 Å². The lowest BCUT2D eigenvalue weighted by atomic mass is 10.1. The molecule has 7 nitrogen and oxygen atoms in total. The summed E-state index contributed by atoms with van der Waals surface area (Å²) in [5, 5.41) is 14.1. The van der Waals surface area contributed by atoms with Gasteiger partial charge < -0.3 is 10.6 Å². The van der Waals surface area contributed by atoms with Gasteiger partial charge in [-0.15, -0.1) is 11.3 Å². The molecule has 9 heteroatoms. The smallest absolute Gasteiger partial charge is 0.238 e. The first-order valence-corrected chi connectivity index (χ1v) is 12.2. The molecule has 0 spiro atoms. The molecule has 2 aromatic rings. The van der Waals surface area contributed by atoms with E-state index < -0.39 is 10.0 Å². The third-order valence-corrected chi connectivity index (χ3v) is 7.00. The SMILES string of the molecule is CN=C(NCCc1ccc(S(N)(=O)=O)cc1)NCC(c1cccs1)N1CCCC1. The highest BCUT2D eigenvalue weighted by Gasteiger charge is 2.24. The van der Waals surface area contributed by atoms with Crippen molar-refractivity contribution in [1.29, 1.82) is 0 Å². The molecule has 1 aliphatic rings. The fourth-order valence-corrected chi connectivity index (χ4v) is 4.91. The molecule has 1 aromatic carbocycles. The third-order valence-electron chi connectivity index (χ3n) is 5.10. The minimum absolute atomic E-state index is 0.133. The zero-order valence-corrected chi connectivity index (χ0v) is 18.3. The van der Waals surface area contributed by atoms with Gasteiger partial charge in [0.2, 0.25) is 10.0 Å². The molecule has 0 bridgehead atoms. The van der Waals surface area contributed by atoms with Gasteiger partial charge in [-0.3, -0.25) is 9.89 Å². The van der Waals surface area contributed by atoms with Crippen molar-refractivity contribution in [2.45, 2.75) is 30.2 Å². The molecule has 0 radical (unpaired) electrons. The number of likely N-dealkylation sites (tertiary alicyclic amines) is 1. The lowest BCUT2D eigenvalue weighted by Gasteiger charge is -2.27. The number of nitrogens with zero attached hydrogens (tertiary/aromatic N) is 2. The van der Waals surface area contributed by atoms with Gasteiger partial charge in [0.05, 0.1) is 10.9 Å². The van der Waals surface area contributed by atoms with E-state index in [1.54, 1.807) is 42.6 Å². The number of hydrogen-bond acceptors (Lipinski definition) is 5. The molecule has 1 fully saturated rings. The average Bonchev–Trinajstić information content (AvgIpc) is 3.41. The van der Waals surface area contributed by atoms with Gasteiger partial charge >= 0.3 is 0 Å². The topological polar surface area (TPSA) is 99.8 Å². The highest BCUT2D eigenvalue weighted by molar-refractivity contribution is 7.89. The summed E-state index contributed by atoms with van der Waals surface area (Å²) in [4.78, 5) is 8.38. The summed E-state index contributed by atoms with van der Waals surface area (Å²) in [6, 6.07) is 11.3. The molecule has 1 saturated heterocycles. The van der Waals surface area contributed by atoms with Gasteiger partial charge in [-0.05, 0) is 61.5 Å². The third kappa shape index (κ3) is 6.27. The molecule has 1 unspecified atom stereocenters. The van der Waals surface area contributed by atoms with Crippen LogP contribution in [0.5, 0.6) is 0 Å². The van der Waals surface area contributed by atoms with Crippen molar-refractivity contribution in [1.82, 2.24) is 15.5 Å². The van der Waals surface area contributed by atoms with Crippen LogP contribution in [-0.4, -0.2) is 52.5 Å². The highest BCUT2D eigenvalue weighted by Crippen LogP contribution is 2.27. The van der Waals surface area contributed by atoms with Crippen LogP contribution in [0.25, 0.3) is 0 Å². The minimum Gasteiger partial charge on any atom is -0.356 e. The van der Waals surface area contributed by atoms with Gasteiger partial charge in [0.25, 0.3) is 0 Å². The molecule has 0 saturated carbocycles. The summed E-state index contributed by atoms with van der Waals surface area (Å²) in [5.74, 6) is 0.770. The van der Waals surface area contributed by atoms with Crippen LogP contribution in [-0.2, 0) is 16.4 Å². The van der Waals surface area contributed by atoms with E-state index in [9.17, 15) is 8.42 Å². The van der Waals surface area contributed by atoms with E-state index >= 15 is 0 Å². The van der Waals surface area contributed by atoms with Crippen LogP contribution < -0.4 is 15.8 Å². The van der Waals surface area contributed by atoms with Gasteiger partial charge in [0.1, 0.15) is 0 Å². The van der Waals surface area contributed by atoms with Crippen molar-refractivity contribution in [3.05, 3.63) is 52.2 Å². The molecule has 4 N–H and O–H groups in total. The monoisotopic (exact) mass is 435 g/mol. The van der Waals surface area contributed by atoms with Crippen LogP contribution >= 0.6 is 11.3 Å². The maximum absolute atomic E-state index is 11.3. The summed E-state index contributed by atoms with van der Waals surface area (Å²) in [6.07, 6.45) is 3.28. The van der Waals surface area contributed by atoms with Crippen LogP contribution in [0.15, 0.2) is 51.7 Å². The number of rotatable bonds is 8. The van der Waals surface area contributed by atoms with Crippen LogP contribution in [0.2, 0.25) is 0 Å². The second kappa shape index (κ2) is 10.2. The fraction of sp³-hybridized carbons (Fsp3) is 0.450. The summed E-state index contributed by atoms with van der Waals surface area (Å²) in [5.41, 5.74) is 1.04. The van der Waals surface area contributed by atoms with E-state index in [2.05, 4.69) is 38.0 Å². The van der Waals surface area contributed by atoms with Gasteiger partial charge in [-0.2, -0.15) is 0 Å². The second-order valence-electron chi connectivity index (χ2n) is 7.09. The molecule has 1 aliphatic heterocycles. The van der Waals surface area contributed by atoms with E-state index in [-0.39, 0.29) is 4.90 Å². The van der Waals surface area contributed by atoms with Crippen molar-refractivity contribution in [3.8, 4) is 0 Å². The number of benzene rings is 1. The van der Waals surface area contributed by atoms with Crippen LogP contribution in [0.1, 0.15) is 29.3 Å². The van der Waals surface area contributed by atoms with E-state index in [0.29, 0.717) is 12.6 Å². The Labute approximate surface area is 177 Å². The maximum atomic E-state index is 11.3. The lowest BCUT2D eigenvalue weighted by molar-refractivity contribution is 0.249. The first-order chi connectivity index (χ1) is 14.0. The van der Waals surface area contributed by atoms with E-state index in [4.69, 9.17) is 5.14 Å². The molecule has 158 valence electrons. The van der Waals surface area contributed by atoms with Crippen molar-refractivity contribution < 1.29 is 8.42 Å². The number of nitrogens with two attached hydrogens (primary N) is 1. The fourth-order valence-electron chi connectivity index (χ4n) is 3.53. The molecule has 2 heterocycles. The van der Waals surface area contributed by atoms with Gasteiger partial charge in [0.15, 0.2) is 5.96 Å². The van der Waals surface area contributed by atoms with Crippen molar-refractivity contribution in [2.75, 3.05) is 33.2 Å². The second-order valence-corrected chi connectivity index (χ2v) is 9.63. The predicted molar refractivity (Wildman–Crippen MR) is 119 cm³/mol. The Balaban J connectivity index is 1.50. The Morgan fingerprint density at radius 1 is 1.21 bits per heavy atom. The molecular formula is C20H29N5O2S2. The average molecular weight is 436 g/mol. The molecule has 1 atom stereocenters. The number of sulfonamides is 1. The number of aliphatic imine (C=N–C) groups is 1. The molecule has 0 amide bonds. The first-order valence-electron chi connectivity index (χ1n) is 9.81. The van der Waals surface area contributed by atoms with Gasteiger partial charge in [0, 0.05) is 25.0 Å². The normalized spacial score (nSPS) is 16.7. The Bertz CT molecular complexity index is 889. The number of thiophene rings is 1. The summed E-state index contributed by atoms with van der Waals surface area (Å²) < 4.78 is 22.7. The maximum Gasteiger partial charge on any atom is 0.238 e. The molecule has 1 aromatic heterocycles. The van der Waals surface area contributed by atoms with E-state index in [1.807, 2.05) is 0 Å². The Kier molecular flexibility index (Phi) is 7.65. The van der Waals surface area contributed by atoms with E-state index in [1.165, 1.54) is 17.7 Å². The number of hydrogen-bond donors (Lipinski definition) is 3. The minimum atomic E-state index is -3.65. The molecule has 3 rings (SSSR count). The summed E-state index contributed by atoms with van der Waals surface area (Å²) in [6.45, 7) is 3.79. The van der Waals surface area contributed by atoms with E-state index in [0.717, 1.165) is 37.6 Å². The zero-order chi connectivity index (χ0) is 20.7. The van der Waals surface area contributed by atoms with Crippen molar-refractivity contribution in [3.63, 3.8) is 0 Å². The Morgan fingerprint density at radius 3 is 2.52 bits per heavy atom. The zero-order valence-electron chi connectivity index (χ0n) is 16.7. The quantitative estimate of drug-likeness (QED) is 0.435. The Hall–Kier alpha value is -1.94. The van der Waals surface area contributed by atoms with Gasteiger partial charge in [-0.25, -0.2) is 13.6 Å². The predicted octanol–water partition coefficient (Wildman–Crippen LogP) is 1.94. The van der Waals surface area contributed by atoms with Crippen molar-refractivity contribution in [2.24, 2.45) is 10.1 Å². The number of nitrogens with one attached hydrogen (secondary N) is 2. The summed E-state index contributed by atoms with van der Waals surface area (Å²) in [7, 11) is -1.88. The highest BCUT2D eigenvalue weighted by atomic mass is 32.2. The standard InChI is InChI=1S/C20H29N5O2S2/c1-22-20(23-11-10-16-6-8-17(9-7-16)29(21,26)27)24-15-18(19-5-4-14-28-19)25-12-2-3-13-25/h4-9,14,18H,2-3,10-13,15H2,1H3,(H2,21,26,27)(H2,22,23,24).